The average Bonchev–Trinajstić information content (AvgIpc) is 2.40. The van der Waals surface area contributed by atoms with E-state index < -0.39 is 25.6 Å². The van der Waals surface area contributed by atoms with Gasteiger partial charge in [0, 0.05) is 47.0 Å². The van der Waals surface area contributed by atoms with E-state index in [2.05, 4.69) is 5.32 Å². The molecule has 2 aromatic rings. The number of nitro groups is 1. The van der Waals surface area contributed by atoms with Crippen LogP contribution in [0.15, 0.2) is 47.4 Å². The molecule has 10 heteroatoms. The Labute approximate surface area is 148 Å². The Morgan fingerprint density at radius 1 is 1.14 bits per heavy atom. The van der Waals surface area contributed by atoms with Gasteiger partial charge in [-0.1, -0.05) is 0 Å². The largest absolute Gasteiger partial charge is 0.399 e. The SMILES string of the molecule is Nc1ccc(Nc2ccc(S(=O)(=O)O)cc2[N+](=O)[O-])cc1.[Na]. The fourth-order valence-corrected chi connectivity index (χ4v) is 2.15. The molecule has 8 nitrogen and oxygen atoms in total. The van der Waals surface area contributed by atoms with Crippen molar-refractivity contribution < 1.29 is 17.9 Å². The number of nitrogens with zero attached hydrogens (tertiary/aromatic N) is 1. The van der Waals surface area contributed by atoms with Crippen molar-refractivity contribution in [1.82, 2.24) is 0 Å². The predicted octanol–water partition coefficient (Wildman–Crippen LogP) is 1.79. The van der Waals surface area contributed by atoms with Crippen molar-refractivity contribution >= 4 is 62.4 Å². The van der Waals surface area contributed by atoms with Crippen LogP contribution >= 0.6 is 0 Å². The van der Waals surface area contributed by atoms with Crippen LogP contribution in [0, 0.1) is 10.1 Å². The summed E-state index contributed by atoms with van der Waals surface area (Å²) >= 11 is 0. The summed E-state index contributed by atoms with van der Waals surface area (Å²) in [6.45, 7) is 0. The first-order valence-electron chi connectivity index (χ1n) is 5.66. The summed E-state index contributed by atoms with van der Waals surface area (Å²) in [5, 5.41) is 13.8. The van der Waals surface area contributed by atoms with Crippen LogP contribution in [0.2, 0.25) is 0 Å². The maximum absolute atomic E-state index is 11.0. The van der Waals surface area contributed by atoms with Gasteiger partial charge in [-0.3, -0.25) is 14.7 Å². The van der Waals surface area contributed by atoms with Gasteiger partial charge in [-0.25, -0.2) is 0 Å². The van der Waals surface area contributed by atoms with Gasteiger partial charge in [0.05, 0.1) is 4.92 Å². The second-order valence-electron chi connectivity index (χ2n) is 4.16. The van der Waals surface area contributed by atoms with Crippen LogP contribution in [-0.4, -0.2) is 47.5 Å². The minimum atomic E-state index is -4.50. The third-order valence-electron chi connectivity index (χ3n) is 2.65. The smallest absolute Gasteiger partial charge is 0.294 e. The van der Waals surface area contributed by atoms with Crippen LogP contribution in [0.1, 0.15) is 0 Å². The van der Waals surface area contributed by atoms with Gasteiger partial charge in [-0.05, 0) is 36.4 Å². The van der Waals surface area contributed by atoms with Gasteiger partial charge in [0.15, 0.2) is 0 Å². The van der Waals surface area contributed by atoms with Crippen LogP contribution < -0.4 is 11.1 Å². The molecule has 0 bridgehead atoms. The summed E-state index contributed by atoms with van der Waals surface area (Å²) in [5.74, 6) is 0. The zero-order valence-corrected chi connectivity index (χ0v) is 14.4. The number of nitrogens with two attached hydrogens (primary N) is 1. The Morgan fingerprint density at radius 3 is 2.23 bits per heavy atom. The van der Waals surface area contributed by atoms with E-state index in [4.69, 9.17) is 10.3 Å². The van der Waals surface area contributed by atoms with Crippen molar-refractivity contribution in [3.05, 3.63) is 52.6 Å². The van der Waals surface area contributed by atoms with Gasteiger partial charge in [0.2, 0.25) is 0 Å². The minimum absolute atomic E-state index is 0. The fourth-order valence-electron chi connectivity index (χ4n) is 1.65. The zero-order chi connectivity index (χ0) is 15.6. The molecule has 0 saturated carbocycles. The van der Waals surface area contributed by atoms with E-state index in [0.29, 0.717) is 11.4 Å². The van der Waals surface area contributed by atoms with E-state index >= 15 is 0 Å². The first-order chi connectivity index (χ1) is 9.77. The van der Waals surface area contributed by atoms with Gasteiger partial charge in [-0.2, -0.15) is 8.42 Å². The van der Waals surface area contributed by atoms with Gasteiger partial charge in [-0.15, -0.1) is 0 Å². The number of anilines is 3. The van der Waals surface area contributed by atoms with Crippen molar-refractivity contribution in [1.29, 1.82) is 0 Å². The summed E-state index contributed by atoms with van der Waals surface area (Å²) < 4.78 is 30.9. The molecular weight excluding hydrogens is 321 g/mol. The van der Waals surface area contributed by atoms with Crippen molar-refractivity contribution in [2.75, 3.05) is 11.1 Å². The zero-order valence-electron chi connectivity index (χ0n) is 11.6. The number of hydrogen-bond donors (Lipinski definition) is 3. The van der Waals surface area contributed by atoms with Crippen LogP contribution in [-0.2, 0) is 10.1 Å². The number of hydrogen-bond acceptors (Lipinski definition) is 6. The summed E-state index contributed by atoms with van der Waals surface area (Å²) in [4.78, 5) is 9.73. The molecule has 0 amide bonds. The topological polar surface area (TPSA) is 136 Å². The molecule has 2 rings (SSSR count). The molecule has 111 valence electrons. The molecular formula is C12H11N3NaO5S. The van der Waals surface area contributed by atoms with Crippen molar-refractivity contribution in [2.24, 2.45) is 0 Å². The maximum atomic E-state index is 11.0. The van der Waals surface area contributed by atoms with Crippen LogP contribution in [0.25, 0.3) is 0 Å². The van der Waals surface area contributed by atoms with Gasteiger partial charge in [0.25, 0.3) is 15.8 Å². The normalized spacial score (nSPS) is 10.6. The van der Waals surface area contributed by atoms with E-state index in [1.807, 2.05) is 0 Å². The van der Waals surface area contributed by atoms with Crippen LogP contribution in [0.4, 0.5) is 22.7 Å². The third kappa shape index (κ3) is 4.42. The summed E-state index contributed by atoms with van der Waals surface area (Å²) in [6.07, 6.45) is 0. The monoisotopic (exact) mass is 332 g/mol. The van der Waals surface area contributed by atoms with Crippen molar-refractivity contribution in [3.8, 4) is 0 Å². The second kappa shape index (κ2) is 7.07. The quantitative estimate of drug-likeness (QED) is 0.255. The number of benzene rings is 2. The Bertz CT molecular complexity index is 793. The van der Waals surface area contributed by atoms with Gasteiger partial charge in [0.1, 0.15) is 10.6 Å². The molecule has 1 radical (unpaired) electrons. The number of rotatable bonds is 4. The molecule has 0 aliphatic heterocycles. The molecule has 0 spiro atoms. The van der Waals surface area contributed by atoms with Crippen LogP contribution in [0.3, 0.4) is 0 Å². The molecule has 0 aromatic heterocycles. The van der Waals surface area contributed by atoms with Crippen molar-refractivity contribution in [2.45, 2.75) is 4.90 Å². The van der Waals surface area contributed by atoms with E-state index in [9.17, 15) is 18.5 Å². The molecule has 0 saturated heterocycles. The Morgan fingerprint density at radius 2 is 1.73 bits per heavy atom. The Balaban J connectivity index is 0.00000242. The summed E-state index contributed by atoms with van der Waals surface area (Å²) in [5.41, 5.74) is 6.25. The summed E-state index contributed by atoms with van der Waals surface area (Å²) in [7, 11) is -4.50. The number of nitrogen functional groups attached to an aromatic ring is 1. The fraction of sp³-hybridized carbons (Fsp3) is 0. The van der Waals surface area contributed by atoms with Crippen molar-refractivity contribution in [3.63, 3.8) is 0 Å². The number of nitro benzene ring substituents is 1. The molecule has 0 aliphatic carbocycles. The standard InChI is InChI=1S/C12H11N3O5S.Na/c13-8-1-3-9(4-2-8)14-11-6-5-10(21(18,19)20)7-12(11)15(16)17;/h1-7,14H,13H2,(H,18,19,20);. The molecule has 0 aliphatic rings. The maximum Gasteiger partial charge on any atom is 0.294 e. The van der Waals surface area contributed by atoms with Gasteiger partial charge < -0.3 is 11.1 Å². The van der Waals surface area contributed by atoms with Crippen LogP contribution in [0.5, 0.6) is 0 Å². The first-order valence-corrected chi connectivity index (χ1v) is 7.10. The number of nitrogens with one attached hydrogen (secondary N) is 1. The Kier molecular flexibility index (Phi) is 5.92. The first kappa shape index (κ1) is 18.4. The third-order valence-corrected chi connectivity index (χ3v) is 3.50. The molecule has 2 aromatic carbocycles. The molecule has 22 heavy (non-hydrogen) atoms. The van der Waals surface area contributed by atoms with E-state index in [1.54, 1.807) is 24.3 Å². The molecule has 0 atom stereocenters. The molecule has 0 heterocycles. The molecule has 0 fully saturated rings. The minimum Gasteiger partial charge on any atom is -0.399 e. The van der Waals surface area contributed by atoms with Gasteiger partial charge >= 0.3 is 0 Å². The van der Waals surface area contributed by atoms with E-state index in [-0.39, 0.29) is 35.2 Å². The summed E-state index contributed by atoms with van der Waals surface area (Å²) in [6, 6.07) is 9.53. The van der Waals surface area contributed by atoms with E-state index in [1.165, 1.54) is 6.07 Å². The molecule has 4 N–H and O–H groups in total. The molecule has 0 unspecified atom stereocenters. The average molecular weight is 332 g/mol. The van der Waals surface area contributed by atoms with E-state index in [0.717, 1.165) is 12.1 Å². The second-order valence-corrected chi connectivity index (χ2v) is 5.58. The Hall–Kier alpha value is -1.65. The predicted molar refractivity (Wildman–Crippen MR) is 82.8 cm³/mol.